The van der Waals surface area contributed by atoms with Gasteiger partial charge in [0.05, 0.1) is 6.04 Å². The van der Waals surface area contributed by atoms with Gasteiger partial charge in [-0.25, -0.2) is 0 Å². The number of nitrogens with one attached hydrogen (secondary N) is 1. The summed E-state index contributed by atoms with van der Waals surface area (Å²) in [6, 6.07) is 14.4. The molecule has 1 amide bonds. The summed E-state index contributed by atoms with van der Waals surface area (Å²) in [5.41, 5.74) is 4.61. The van der Waals surface area contributed by atoms with Gasteiger partial charge in [-0.2, -0.15) is 0 Å². The van der Waals surface area contributed by atoms with E-state index in [1.165, 1.54) is 18.5 Å². The van der Waals surface area contributed by atoms with Crippen molar-refractivity contribution in [1.29, 1.82) is 0 Å². The maximum absolute atomic E-state index is 12.3. The van der Waals surface area contributed by atoms with Crippen LogP contribution < -0.4 is 15.0 Å². The summed E-state index contributed by atoms with van der Waals surface area (Å²) in [7, 11) is 0. The van der Waals surface area contributed by atoms with E-state index < -0.39 is 0 Å². The van der Waals surface area contributed by atoms with Crippen molar-refractivity contribution in [3.8, 4) is 5.75 Å². The Labute approximate surface area is 168 Å². The number of piperidine rings is 1. The maximum Gasteiger partial charge on any atom is 0.258 e. The predicted molar refractivity (Wildman–Crippen MR) is 115 cm³/mol. The van der Waals surface area contributed by atoms with Crippen LogP contribution in [0.2, 0.25) is 0 Å². The molecule has 1 aliphatic heterocycles. The molecule has 0 spiro atoms. The van der Waals surface area contributed by atoms with Gasteiger partial charge >= 0.3 is 0 Å². The Morgan fingerprint density at radius 1 is 1.21 bits per heavy atom. The van der Waals surface area contributed by atoms with E-state index in [0.717, 1.165) is 41.4 Å². The Balaban J connectivity index is 1.53. The summed E-state index contributed by atoms with van der Waals surface area (Å²) < 4.78 is 5.71. The molecule has 2 atom stereocenters. The average molecular weight is 381 g/mol. The Kier molecular flexibility index (Phi) is 6.61. The molecule has 4 nitrogen and oxygen atoms in total. The van der Waals surface area contributed by atoms with Crippen LogP contribution in [0.3, 0.4) is 0 Å². The molecule has 3 rings (SSSR count). The quantitative estimate of drug-likeness (QED) is 0.783. The van der Waals surface area contributed by atoms with Crippen LogP contribution in [0.1, 0.15) is 49.4 Å². The van der Waals surface area contributed by atoms with E-state index in [0.29, 0.717) is 0 Å². The lowest BCUT2D eigenvalue weighted by Crippen LogP contribution is -2.34. The average Bonchev–Trinajstić information content (AvgIpc) is 2.69. The molecule has 4 heteroatoms. The first-order valence-corrected chi connectivity index (χ1v) is 10.3. The fourth-order valence-electron chi connectivity index (χ4n) is 3.79. The minimum atomic E-state index is -0.109. The van der Waals surface area contributed by atoms with Gasteiger partial charge in [0.1, 0.15) is 5.75 Å². The molecule has 1 fully saturated rings. The van der Waals surface area contributed by atoms with Gasteiger partial charge in [-0.15, -0.1) is 0 Å². The summed E-state index contributed by atoms with van der Waals surface area (Å²) in [4.78, 5) is 14.8. The Morgan fingerprint density at radius 3 is 2.68 bits per heavy atom. The van der Waals surface area contributed by atoms with Gasteiger partial charge in [0.2, 0.25) is 0 Å². The second-order valence-corrected chi connectivity index (χ2v) is 8.06. The highest BCUT2D eigenvalue weighted by Gasteiger charge is 2.17. The van der Waals surface area contributed by atoms with Crippen LogP contribution in [-0.2, 0) is 4.79 Å². The van der Waals surface area contributed by atoms with Crippen molar-refractivity contribution in [2.75, 3.05) is 24.6 Å². The predicted octanol–water partition coefficient (Wildman–Crippen LogP) is 4.80. The number of hydrogen-bond donors (Lipinski definition) is 1. The van der Waals surface area contributed by atoms with E-state index in [-0.39, 0.29) is 18.6 Å². The van der Waals surface area contributed by atoms with E-state index in [2.05, 4.69) is 41.4 Å². The lowest BCUT2D eigenvalue weighted by atomic mass is 9.99. The second-order valence-electron chi connectivity index (χ2n) is 8.06. The molecule has 0 saturated carbocycles. The van der Waals surface area contributed by atoms with Gasteiger partial charge in [-0.1, -0.05) is 31.2 Å². The van der Waals surface area contributed by atoms with Gasteiger partial charge in [-0.3, -0.25) is 4.79 Å². The Hall–Kier alpha value is -2.49. The van der Waals surface area contributed by atoms with Gasteiger partial charge in [0, 0.05) is 18.8 Å². The molecule has 1 N–H and O–H groups in total. The largest absolute Gasteiger partial charge is 0.483 e. The number of nitrogens with zero attached hydrogens (tertiary/aromatic N) is 1. The first-order chi connectivity index (χ1) is 13.4. The van der Waals surface area contributed by atoms with E-state index >= 15 is 0 Å². The van der Waals surface area contributed by atoms with Crippen molar-refractivity contribution in [2.24, 2.45) is 5.92 Å². The fourth-order valence-corrected chi connectivity index (χ4v) is 3.79. The first kappa shape index (κ1) is 20.2. The van der Waals surface area contributed by atoms with Crippen LogP contribution >= 0.6 is 0 Å². The summed E-state index contributed by atoms with van der Waals surface area (Å²) in [5.74, 6) is 1.41. The number of carbonyl (C=O) groups excluding carboxylic acids is 1. The third-order valence-electron chi connectivity index (χ3n) is 5.71. The zero-order valence-electron chi connectivity index (χ0n) is 17.5. The molecular weight excluding hydrogens is 348 g/mol. The molecule has 1 saturated heterocycles. The normalized spacial score (nSPS) is 17.9. The topological polar surface area (TPSA) is 41.6 Å². The lowest BCUT2D eigenvalue weighted by molar-refractivity contribution is -0.123. The van der Waals surface area contributed by atoms with Crippen LogP contribution in [0.5, 0.6) is 5.75 Å². The molecule has 0 aromatic heterocycles. The molecule has 28 heavy (non-hydrogen) atoms. The van der Waals surface area contributed by atoms with E-state index in [1.807, 2.05) is 39.0 Å². The summed E-state index contributed by atoms with van der Waals surface area (Å²) >= 11 is 0. The van der Waals surface area contributed by atoms with Gasteiger partial charge < -0.3 is 15.0 Å². The van der Waals surface area contributed by atoms with Crippen LogP contribution in [0.15, 0.2) is 42.5 Å². The second kappa shape index (κ2) is 9.13. The minimum absolute atomic E-state index is 0.0262. The fraction of sp³-hybridized carbons (Fsp3) is 0.458. The minimum Gasteiger partial charge on any atom is -0.483 e. The third kappa shape index (κ3) is 5.06. The summed E-state index contributed by atoms with van der Waals surface area (Å²) in [6.45, 7) is 10.7. The van der Waals surface area contributed by atoms with Crippen molar-refractivity contribution in [1.82, 2.24) is 5.32 Å². The van der Waals surface area contributed by atoms with Crippen LogP contribution in [-0.4, -0.2) is 25.6 Å². The highest BCUT2D eigenvalue weighted by molar-refractivity contribution is 5.78. The number of ether oxygens (including phenoxy) is 1. The van der Waals surface area contributed by atoms with E-state index in [1.54, 1.807) is 0 Å². The number of rotatable bonds is 6. The molecule has 2 aromatic carbocycles. The Morgan fingerprint density at radius 2 is 1.96 bits per heavy atom. The molecule has 0 unspecified atom stereocenters. The van der Waals surface area contributed by atoms with Crippen LogP contribution in [0, 0.1) is 19.8 Å². The maximum atomic E-state index is 12.3. The molecule has 2 aromatic rings. The molecule has 0 bridgehead atoms. The van der Waals surface area contributed by atoms with Gasteiger partial charge in [0.15, 0.2) is 6.61 Å². The molecular formula is C24H32N2O2. The van der Waals surface area contributed by atoms with Crippen molar-refractivity contribution in [3.05, 3.63) is 59.2 Å². The van der Waals surface area contributed by atoms with Gasteiger partial charge in [-0.05, 0) is 74.4 Å². The monoisotopic (exact) mass is 380 g/mol. The number of anilines is 1. The first-order valence-electron chi connectivity index (χ1n) is 10.3. The number of hydrogen-bond acceptors (Lipinski definition) is 3. The smallest absolute Gasteiger partial charge is 0.258 e. The molecule has 1 heterocycles. The standard InChI is InChI=1S/C24H32N2O2/c1-17-7-6-14-26(15-17)22-12-10-21(11-13-22)20(4)25-24(27)16-28-23-9-5-8-18(2)19(23)3/h5,8-13,17,20H,6-7,14-16H2,1-4H3,(H,25,27)/t17-,20-/m1/s1. The Bertz CT molecular complexity index is 801. The molecule has 0 aliphatic carbocycles. The lowest BCUT2D eigenvalue weighted by Gasteiger charge is -2.33. The third-order valence-corrected chi connectivity index (χ3v) is 5.71. The number of carbonyl (C=O) groups is 1. The van der Waals surface area contributed by atoms with Crippen molar-refractivity contribution < 1.29 is 9.53 Å². The van der Waals surface area contributed by atoms with Crippen molar-refractivity contribution in [3.63, 3.8) is 0 Å². The summed E-state index contributed by atoms with van der Waals surface area (Å²) in [5, 5.41) is 3.03. The molecule has 0 radical (unpaired) electrons. The van der Waals surface area contributed by atoms with E-state index in [9.17, 15) is 4.79 Å². The molecule has 150 valence electrons. The zero-order valence-corrected chi connectivity index (χ0v) is 17.5. The SMILES string of the molecule is Cc1cccc(OCC(=O)N[C@H](C)c2ccc(N3CCC[C@@H](C)C3)cc2)c1C. The highest BCUT2D eigenvalue weighted by Crippen LogP contribution is 2.25. The summed E-state index contributed by atoms with van der Waals surface area (Å²) in [6.07, 6.45) is 2.58. The van der Waals surface area contributed by atoms with Crippen LogP contribution in [0.25, 0.3) is 0 Å². The molecule has 1 aliphatic rings. The van der Waals surface area contributed by atoms with Crippen LogP contribution in [0.4, 0.5) is 5.69 Å². The van der Waals surface area contributed by atoms with E-state index in [4.69, 9.17) is 4.74 Å². The number of amides is 1. The number of aryl methyl sites for hydroxylation is 1. The number of benzene rings is 2. The van der Waals surface area contributed by atoms with Gasteiger partial charge in [0.25, 0.3) is 5.91 Å². The van der Waals surface area contributed by atoms with Crippen molar-refractivity contribution >= 4 is 11.6 Å². The highest BCUT2D eigenvalue weighted by atomic mass is 16.5. The van der Waals surface area contributed by atoms with Crippen molar-refractivity contribution in [2.45, 2.75) is 46.6 Å². The zero-order chi connectivity index (χ0) is 20.1.